The summed E-state index contributed by atoms with van der Waals surface area (Å²) in [6.45, 7) is 5.87. The van der Waals surface area contributed by atoms with Gasteiger partial charge < -0.3 is 14.4 Å². The zero-order valence-electron chi connectivity index (χ0n) is 17.7. The minimum absolute atomic E-state index is 0.141. The van der Waals surface area contributed by atoms with Gasteiger partial charge in [-0.3, -0.25) is 19.3 Å². The number of likely N-dealkylation sites (tertiary alicyclic amines) is 1. The molecule has 3 rings (SSSR count). The van der Waals surface area contributed by atoms with Crippen LogP contribution < -0.4 is 0 Å². The summed E-state index contributed by atoms with van der Waals surface area (Å²) < 4.78 is 10.1. The largest absolute Gasteiger partial charge is 0.452 e. The Labute approximate surface area is 176 Å². The Balaban J connectivity index is 1.61. The Morgan fingerprint density at radius 2 is 1.73 bits per heavy atom. The number of benzene rings is 1. The van der Waals surface area contributed by atoms with Crippen LogP contribution in [-0.4, -0.2) is 73.4 Å². The Bertz CT molecular complexity index is 842. The van der Waals surface area contributed by atoms with Crippen molar-refractivity contribution in [2.24, 2.45) is 11.8 Å². The van der Waals surface area contributed by atoms with E-state index in [0.717, 1.165) is 11.3 Å². The number of carbonyl (C=O) groups is 4. The summed E-state index contributed by atoms with van der Waals surface area (Å²) in [5.41, 5.74) is 0.583. The molecule has 2 aliphatic heterocycles. The average Bonchev–Trinajstić information content (AvgIpc) is 2.95. The Hall–Kier alpha value is -2.74. The van der Waals surface area contributed by atoms with Crippen molar-refractivity contribution in [1.82, 2.24) is 9.80 Å². The normalized spacial score (nSPS) is 21.0. The first-order valence-electron chi connectivity index (χ1n) is 10.3. The molecule has 8 heteroatoms. The van der Waals surface area contributed by atoms with Gasteiger partial charge in [0, 0.05) is 33.4 Å². The standard InChI is InChI=1S/C22H28N2O6/c1-14-9-15(2)12-23(11-14)19(25)13-30-22(28)16-5-6-17-18(10-16)21(27)24(20(17)26)7-4-8-29-3/h5-6,10,14-15H,4,7-9,11-13H2,1-3H3/t14-,15-/m1/s1. The first kappa shape index (κ1) is 22.0. The third-order valence-corrected chi connectivity index (χ3v) is 5.48. The molecule has 1 aromatic rings. The number of amides is 3. The van der Waals surface area contributed by atoms with Gasteiger partial charge in [0.1, 0.15) is 0 Å². The molecular formula is C22H28N2O6. The van der Waals surface area contributed by atoms with Crippen LogP contribution >= 0.6 is 0 Å². The highest BCUT2D eigenvalue weighted by Crippen LogP contribution is 2.25. The number of methoxy groups -OCH3 is 1. The molecule has 0 aliphatic carbocycles. The van der Waals surface area contributed by atoms with Gasteiger partial charge in [-0.2, -0.15) is 0 Å². The molecule has 0 saturated carbocycles. The van der Waals surface area contributed by atoms with Crippen molar-refractivity contribution in [3.05, 3.63) is 34.9 Å². The summed E-state index contributed by atoms with van der Waals surface area (Å²) >= 11 is 0. The van der Waals surface area contributed by atoms with Gasteiger partial charge >= 0.3 is 5.97 Å². The lowest BCUT2D eigenvalue weighted by molar-refractivity contribution is -0.137. The highest BCUT2D eigenvalue weighted by molar-refractivity contribution is 6.21. The van der Waals surface area contributed by atoms with Crippen LogP contribution in [0.3, 0.4) is 0 Å². The van der Waals surface area contributed by atoms with E-state index in [1.807, 2.05) is 0 Å². The van der Waals surface area contributed by atoms with Crippen molar-refractivity contribution in [1.29, 1.82) is 0 Å². The summed E-state index contributed by atoms with van der Waals surface area (Å²) in [4.78, 5) is 52.7. The van der Waals surface area contributed by atoms with Crippen LogP contribution in [0.2, 0.25) is 0 Å². The van der Waals surface area contributed by atoms with Gasteiger partial charge in [-0.05, 0) is 42.9 Å². The van der Waals surface area contributed by atoms with Gasteiger partial charge in [0.2, 0.25) is 0 Å². The fourth-order valence-electron chi connectivity index (χ4n) is 4.16. The third-order valence-electron chi connectivity index (χ3n) is 5.48. The van der Waals surface area contributed by atoms with Crippen LogP contribution in [0.15, 0.2) is 18.2 Å². The summed E-state index contributed by atoms with van der Waals surface area (Å²) in [7, 11) is 1.55. The molecule has 8 nitrogen and oxygen atoms in total. The molecule has 1 fully saturated rings. The second kappa shape index (κ2) is 9.38. The second-order valence-corrected chi connectivity index (χ2v) is 8.19. The third kappa shape index (κ3) is 4.70. The molecule has 162 valence electrons. The average molecular weight is 416 g/mol. The monoisotopic (exact) mass is 416 g/mol. The van der Waals surface area contributed by atoms with E-state index in [-0.39, 0.29) is 41.7 Å². The quantitative estimate of drug-likeness (QED) is 0.383. The molecule has 2 atom stereocenters. The number of nitrogens with zero attached hydrogens (tertiary/aromatic N) is 2. The number of fused-ring (bicyclic) bond motifs is 1. The summed E-state index contributed by atoms with van der Waals surface area (Å²) in [6.07, 6.45) is 1.61. The summed E-state index contributed by atoms with van der Waals surface area (Å²) in [5.74, 6) is -0.899. The van der Waals surface area contributed by atoms with Gasteiger partial charge in [-0.1, -0.05) is 13.8 Å². The maximum absolute atomic E-state index is 12.6. The van der Waals surface area contributed by atoms with Gasteiger partial charge in [0.25, 0.3) is 17.7 Å². The molecule has 0 spiro atoms. The Morgan fingerprint density at radius 1 is 1.07 bits per heavy atom. The van der Waals surface area contributed by atoms with Gasteiger partial charge in [-0.15, -0.1) is 0 Å². The van der Waals surface area contributed by atoms with E-state index in [2.05, 4.69) is 13.8 Å². The molecule has 1 saturated heterocycles. The number of carbonyl (C=O) groups excluding carboxylic acids is 4. The smallest absolute Gasteiger partial charge is 0.338 e. The zero-order chi connectivity index (χ0) is 21.8. The van der Waals surface area contributed by atoms with E-state index in [0.29, 0.717) is 38.0 Å². The fraction of sp³-hybridized carbons (Fsp3) is 0.545. The lowest BCUT2D eigenvalue weighted by Crippen LogP contribution is -2.44. The molecule has 1 aromatic carbocycles. The van der Waals surface area contributed by atoms with Crippen LogP contribution in [0.1, 0.15) is 57.8 Å². The predicted molar refractivity (Wildman–Crippen MR) is 108 cm³/mol. The number of imide groups is 1. The fourth-order valence-corrected chi connectivity index (χ4v) is 4.16. The van der Waals surface area contributed by atoms with Crippen LogP contribution in [0.4, 0.5) is 0 Å². The predicted octanol–water partition coefficient (Wildman–Crippen LogP) is 1.98. The molecule has 2 aliphatic rings. The van der Waals surface area contributed by atoms with Gasteiger partial charge in [0.15, 0.2) is 6.61 Å². The Kier molecular flexibility index (Phi) is 6.87. The molecule has 0 unspecified atom stereocenters. The van der Waals surface area contributed by atoms with E-state index in [9.17, 15) is 19.2 Å². The molecule has 0 bridgehead atoms. The number of hydrogen-bond donors (Lipinski definition) is 0. The van der Waals surface area contributed by atoms with Gasteiger partial charge in [0.05, 0.1) is 16.7 Å². The van der Waals surface area contributed by atoms with Crippen LogP contribution in [0.25, 0.3) is 0 Å². The minimum Gasteiger partial charge on any atom is -0.452 e. The SMILES string of the molecule is COCCCN1C(=O)c2ccc(C(=O)OCC(=O)N3C[C@H](C)C[C@@H](C)C3)cc2C1=O. The highest BCUT2D eigenvalue weighted by Gasteiger charge is 2.35. The van der Waals surface area contributed by atoms with Crippen molar-refractivity contribution in [3.8, 4) is 0 Å². The zero-order valence-corrected chi connectivity index (χ0v) is 17.7. The van der Waals surface area contributed by atoms with Crippen molar-refractivity contribution < 1.29 is 28.7 Å². The Morgan fingerprint density at radius 3 is 2.40 bits per heavy atom. The van der Waals surface area contributed by atoms with Crippen molar-refractivity contribution >= 4 is 23.7 Å². The summed E-state index contributed by atoms with van der Waals surface area (Å²) in [5, 5.41) is 0. The lowest BCUT2D eigenvalue weighted by Gasteiger charge is -2.34. The minimum atomic E-state index is -0.692. The second-order valence-electron chi connectivity index (χ2n) is 8.19. The van der Waals surface area contributed by atoms with Crippen LogP contribution in [0.5, 0.6) is 0 Å². The number of rotatable bonds is 7. The first-order valence-corrected chi connectivity index (χ1v) is 10.3. The first-order chi connectivity index (χ1) is 14.3. The molecule has 3 amide bonds. The maximum atomic E-state index is 12.6. The van der Waals surface area contributed by atoms with E-state index in [1.165, 1.54) is 18.2 Å². The molecule has 2 heterocycles. The lowest BCUT2D eigenvalue weighted by atomic mass is 9.92. The van der Waals surface area contributed by atoms with Crippen LogP contribution in [0, 0.1) is 11.8 Å². The molecule has 0 aromatic heterocycles. The van der Waals surface area contributed by atoms with Crippen LogP contribution in [-0.2, 0) is 14.3 Å². The number of esters is 1. The van der Waals surface area contributed by atoms with Crippen molar-refractivity contribution in [2.45, 2.75) is 26.7 Å². The number of piperidine rings is 1. The highest BCUT2D eigenvalue weighted by atomic mass is 16.5. The van der Waals surface area contributed by atoms with E-state index < -0.39 is 11.9 Å². The van der Waals surface area contributed by atoms with E-state index >= 15 is 0 Å². The molecule has 30 heavy (non-hydrogen) atoms. The van der Waals surface area contributed by atoms with Crippen molar-refractivity contribution in [2.75, 3.05) is 40.0 Å². The van der Waals surface area contributed by atoms with E-state index in [1.54, 1.807) is 12.0 Å². The molecule has 0 N–H and O–H groups in total. The van der Waals surface area contributed by atoms with Crippen molar-refractivity contribution in [3.63, 3.8) is 0 Å². The van der Waals surface area contributed by atoms with E-state index in [4.69, 9.17) is 9.47 Å². The maximum Gasteiger partial charge on any atom is 0.338 e. The van der Waals surface area contributed by atoms with Gasteiger partial charge in [-0.25, -0.2) is 4.79 Å². The molecular weight excluding hydrogens is 388 g/mol. The summed E-state index contributed by atoms with van der Waals surface area (Å²) in [6, 6.07) is 4.27. The topological polar surface area (TPSA) is 93.2 Å². The number of ether oxygens (including phenoxy) is 2. The number of hydrogen-bond acceptors (Lipinski definition) is 6. The molecule has 0 radical (unpaired) electrons.